The maximum Gasteiger partial charge on any atom is 0.338 e. The minimum Gasteiger partial charge on any atom is -0.478 e. The van der Waals surface area contributed by atoms with Crippen LogP contribution in [-0.2, 0) is 14.3 Å². The highest BCUT2D eigenvalue weighted by Crippen LogP contribution is 2.45. The summed E-state index contributed by atoms with van der Waals surface area (Å²) in [6, 6.07) is 1.91. The van der Waals surface area contributed by atoms with Crippen LogP contribution in [-0.4, -0.2) is 81.9 Å². The SMILES string of the molecule is CCOC(=O)C1=C(CN2CC(F)(F)[C@H]3[C@@H]2CCN3C2=CC(C(=O)O)=CC2)NC(c2nccs2)=N[C@H]1c1cccc(F)c1C. The van der Waals surface area contributed by atoms with Crippen molar-refractivity contribution in [3.8, 4) is 0 Å². The predicted molar refractivity (Wildman–Crippen MR) is 153 cm³/mol. The molecule has 3 aliphatic heterocycles. The van der Waals surface area contributed by atoms with Gasteiger partial charge in [0.2, 0.25) is 0 Å². The molecule has 2 fully saturated rings. The summed E-state index contributed by atoms with van der Waals surface area (Å²) in [7, 11) is 0. The minimum atomic E-state index is -3.10. The third-order valence-electron chi connectivity index (χ3n) is 8.37. The molecule has 4 heterocycles. The van der Waals surface area contributed by atoms with Crippen LogP contribution in [0.15, 0.2) is 69.5 Å². The molecule has 43 heavy (non-hydrogen) atoms. The van der Waals surface area contributed by atoms with Crippen LogP contribution < -0.4 is 5.32 Å². The molecule has 1 aromatic heterocycles. The lowest BCUT2D eigenvalue weighted by molar-refractivity contribution is -0.139. The Bertz CT molecular complexity index is 1590. The van der Waals surface area contributed by atoms with Crippen LogP contribution in [0.25, 0.3) is 0 Å². The van der Waals surface area contributed by atoms with E-state index in [2.05, 4.69) is 10.3 Å². The molecule has 0 spiro atoms. The first-order chi connectivity index (χ1) is 20.6. The maximum absolute atomic E-state index is 15.7. The Balaban J connectivity index is 1.38. The van der Waals surface area contributed by atoms with Crippen molar-refractivity contribution in [3.05, 3.63) is 86.4 Å². The van der Waals surface area contributed by atoms with Gasteiger partial charge < -0.3 is 20.1 Å². The molecule has 2 saturated heterocycles. The number of carboxylic acids is 1. The number of hydrogen-bond donors (Lipinski definition) is 2. The highest BCUT2D eigenvalue weighted by Gasteiger charge is 2.60. The van der Waals surface area contributed by atoms with Crippen molar-refractivity contribution in [2.45, 2.75) is 50.7 Å². The Kier molecular flexibility index (Phi) is 7.63. The van der Waals surface area contributed by atoms with Crippen molar-refractivity contribution in [1.29, 1.82) is 0 Å². The first-order valence-electron chi connectivity index (χ1n) is 14.0. The summed E-state index contributed by atoms with van der Waals surface area (Å²) in [5.74, 6) is -4.96. The van der Waals surface area contributed by atoms with Gasteiger partial charge >= 0.3 is 11.9 Å². The Morgan fingerprint density at radius 2 is 2.12 bits per heavy atom. The number of aliphatic carboxylic acids is 1. The predicted octanol–water partition coefficient (Wildman–Crippen LogP) is 4.19. The van der Waals surface area contributed by atoms with Crippen LogP contribution in [0, 0.1) is 12.7 Å². The molecule has 0 saturated carbocycles. The summed E-state index contributed by atoms with van der Waals surface area (Å²) in [6.45, 7) is 3.11. The lowest BCUT2D eigenvalue weighted by Gasteiger charge is -2.31. The van der Waals surface area contributed by atoms with Crippen molar-refractivity contribution in [2.24, 2.45) is 4.99 Å². The van der Waals surface area contributed by atoms with E-state index in [4.69, 9.17) is 9.73 Å². The number of alkyl halides is 2. The van der Waals surface area contributed by atoms with E-state index in [0.29, 0.717) is 46.3 Å². The van der Waals surface area contributed by atoms with E-state index in [9.17, 15) is 19.1 Å². The lowest BCUT2D eigenvalue weighted by Crippen LogP contribution is -2.44. The number of nitrogens with one attached hydrogen (secondary N) is 1. The van der Waals surface area contributed by atoms with Gasteiger partial charge in [-0.2, -0.15) is 0 Å². The van der Waals surface area contributed by atoms with Crippen LogP contribution in [0.4, 0.5) is 13.2 Å². The number of aliphatic imine (C=N–C) groups is 1. The van der Waals surface area contributed by atoms with Gasteiger partial charge in [-0.15, -0.1) is 11.3 Å². The van der Waals surface area contributed by atoms with Gasteiger partial charge in [0.05, 0.1) is 24.3 Å². The molecule has 3 atom stereocenters. The normalized spacial score (nSPS) is 24.8. The van der Waals surface area contributed by atoms with Gasteiger partial charge in [0.15, 0.2) is 10.8 Å². The van der Waals surface area contributed by atoms with Gasteiger partial charge in [0, 0.05) is 48.5 Å². The zero-order valence-electron chi connectivity index (χ0n) is 23.5. The topological polar surface area (TPSA) is 107 Å². The fourth-order valence-electron chi connectivity index (χ4n) is 6.47. The second-order valence-electron chi connectivity index (χ2n) is 10.9. The first kappa shape index (κ1) is 29.1. The molecule has 0 radical (unpaired) electrons. The standard InChI is InChI=1S/C30H30F3N5O4S/c1-3-42-29(41)23-21(35-26(27-34-10-12-43-27)36-24(23)19-5-4-6-20(31)16(19)2)14-37-15-30(32,33)25-22(37)9-11-38(25)18-8-7-17(13-18)28(39)40/h4-7,10,12-13,22,24-25H,3,8-9,11,14-15H2,1-2H3,(H,35,36)(H,39,40)/t22-,24-,25+/m0/s1. The van der Waals surface area contributed by atoms with E-state index < -0.39 is 48.3 Å². The zero-order chi connectivity index (χ0) is 30.5. The minimum absolute atomic E-state index is 0.0360. The maximum atomic E-state index is 15.7. The number of benzene rings is 1. The Hall–Kier alpha value is -3.97. The third-order valence-corrected chi connectivity index (χ3v) is 9.15. The third kappa shape index (κ3) is 5.24. The van der Waals surface area contributed by atoms with Crippen molar-refractivity contribution in [3.63, 3.8) is 0 Å². The molecule has 13 heteroatoms. The van der Waals surface area contributed by atoms with Crippen molar-refractivity contribution < 1.29 is 32.6 Å². The molecule has 9 nitrogen and oxygen atoms in total. The number of thiazole rings is 1. The number of allylic oxidation sites excluding steroid dienone is 1. The fraction of sp³-hybridized carbons (Fsp3) is 0.400. The molecule has 0 bridgehead atoms. The number of carbonyl (C=O) groups is 2. The van der Waals surface area contributed by atoms with E-state index in [1.807, 2.05) is 0 Å². The van der Waals surface area contributed by atoms with E-state index >= 15 is 8.78 Å². The number of ether oxygens (including phenoxy) is 1. The molecule has 1 aliphatic carbocycles. The number of nitrogens with zero attached hydrogens (tertiary/aromatic N) is 4. The summed E-state index contributed by atoms with van der Waals surface area (Å²) in [5.41, 5.74) is 1.91. The first-order valence-corrected chi connectivity index (χ1v) is 14.9. The van der Waals surface area contributed by atoms with Gasteiger partial charge in [-0.3, -0.25) is 9.89 Å². The molecule has 6 rings (SSSR count). The summed E-state index contributed by atoms with van der Waals surface area (Å²) in [4.78, 5) is 37.3. The largest absolute Gasteiger partial charge is 0.478 e. The van der Waals surface area contributed by atoms with E-state index in [-0.39, 0.29) is 30.7 Å². The monoisotopic (exact) mass is 613 g/mol. The second kappa shape index (κ2) is 11.3. The van der Waals surface area contributed by atoms with Crippen LogP contribution in [0.2, 0.25) is 0 Å². The molecule has 2 aromatic rings. The van der Waals surface area contributed by atoms with Crippen LogP contribution >= 0.6 is 11.3 Å². The van der Waals surface area contributed by atoms with Gasteiger partial charge in [-0.05, 0) is 43.5 Å². The number of hydrogen-bond acceptors (Lipinski definition) is 9. The molecule has 1 aromatic carbocycles. The van der Waals surface area contributed by atoms with E-state index in [1.165, 1.54) is 29.6 Å². The summed E-state index contributed by atoms with van der Waals surface area (Å²) >= 11 is 1.32. The van der Waals surface area contributed by atoms with Gasteiger partial charge in [0.1, 0.15) is 17.9 Å². The Morgan fingerprint density at radius 3 is 2.81 bits per heavy atom. The quantitative estimate of drug-likeness (QED) is 0.427. The van der Waals surface area contributed by atoms with Crippen molar-refractivity contribution in [2.75, 3.05) is 26.2 Å². The number of fused-ring (bicyclic) bond motifs is 1. The van der Waals surface area contributed by atoms with Crippen LogP contribution in [0.1, 0.15) is 41.9 Å². The smallest absolute Gasteiger partial charge is 0.338 e. The number of rotatable bonds is 8. The van der Waals surface area contributed by atoms with E-state index in [0.717, 1.165) is 0 Å². The van der Waals surface area contributed by atoms with Crippen LogP contribution in [0.5, 0.6) is 0 Å². The van der Waals surface area contributed by atoms with Crippen molar-refractivity contribution >= 4 is 29.1 Å². The molecule has 4 aliphatic rings. The molecule has 0 amide bonds. The number of carbonyl (C=O) groups excluding carboxylic acids is 1. The number of halogens is 3. The number of esters is 1. The second-order valence-corrected chi connectivity index (χ2v) is 11.8. The highest BCUT2D eigenvalue weighted by molar-refractivity contribution is 7.11. The zero-order valence-corrected chi connectivity index (χ0v) is 24.3. The highest BCUT2D eigenvalue weighted by atomic mass is 32.1. The lowest BCUT2D eigenvalue weighted by atomic mass is 9.92. The molecule has 0 unspecified atom stereocenters. The number of carboxylic acid groups (broad SMARTS) is 1. The Labute approximate surface area is 250 Å². The number of aromatic nitrogens is 1. The molecular formula is C30H30F3N5O4S. The van der Waals surface area contributed by atoms with Gasteiger partial charge in [-0.25, -0.2) is 27.7 Å². The molecular weight excluding hydrogens is 583 g/mol. The fourth-order valence-corrected chi connectivity index (χ4v) is 7.06. The van der Waals surface area contributed by atoms with Crippen LogP contribution in [0.3, 0.4) is 0 Å². The van der Waals surface area contributed by atoms with E-state index in [1.54, 1.807) is 47.4 Å². The summed E-state index contributed by atoms with van der Waals surface area (Å²) < 4.78 is 51.6. The van der Waals surface area contributed by atoms with Gasteiger partial charge in [0.25, 0.3) is 5.92 Å². The number of likely N-dealkylation sites (tertiary alicyclic amines) is 2. The summed E-state index contributed by atoms with van der Waals surface area (Å²) in [5, 5.41) is 14.9. The van der Waals surface area contributed by atoms with Crippen molar-refractivity contribution in [1.82, 2.24) is 20.1 Å². The Morgan fingerprint density at radius 1 is 1.30 bits per heavy atom. The summed E-state index contributed by atoms with van der Waals surface area (Å²) in [6.07, 6.45) is 5.32. The average molecular weight is 614 g/mol. The average Bonchev–Trinajstić information content (AvgIpc) is 3.76. The number of amidine groups is 1. The molecule has 226 valence electrons. The van der Waals surface area contributed by atoms with Gasteiger partial charge in [-0.1, -0.05) is 18.2 Å². The molecule has 2 N–H and O–H groups in total.